The first-order valence-corrected chi connectivity index (χ1v) is 11.0. The van der Waals surface area contributed by atoms with Crippen molar-refractivity contribution in [1.29, 1.82) is 0 Å². The van der Waals surface area contributed by atoms with Crippen molar-refractivity contribution in [3.05, 3.63) is 53.3 Å². The Bertz CT molecular complexity index is 797. The van der Waals surface area contributed by atoms with E-state index in [1.54, 1.807) is 12.4 Å². The first-order chi connectivity index (χ1) is 14.7. The molecule has 7 nitrogen and oxygen atoms in total. The molecule has 0 amide bonds. The maximum atomic E-state index is 6.11. The Kier molecular flexibility index (Phi) is 11.3. The Balaban J connectivity index is 0.00000341. The maximum absolute atomic E-state index is 6.11. The predicted octanol–water partition coefficient (Wildman–Crippen LogP) is 3.36. The van der Waals surface area contributed by atoms with Gasteiger partial charge in [-0.3, -0.25) is 9.89 Å². The highest BCUT2D eigenvalue weighted by Gasteiger charge is 2.18. The number of aliphatic imine (C=N–C) groups is 1. The standard InChI is InChI=1S/C22H32ClN7.HI/c1-3-24-21(28(2)18-19-7-4-8-20(23)17-19)25-11-6-12-29-13-15-30(16-14-29)22-26-9-5-10-27-22;/h4-5,7-10,17H,3,6,11-16,18H2,1-2H3,(H,24,25);1H. The molecule has 3 rings (SSSR count). The summed E-state index contributed by atoms with van der Waals surface area (Å²) in [7, 11) is 2.06. The van der Waals surface area contributed by atoms with E-state index in [-0.39, 0.29) is 24.0 Å². The number of anilines is 1. The summed E-state index contributed by atoms with van der Waals surface area (Å²) in [6, 6.07) is 9.83. The number of nitrogens with zero attached hydrogens (tertiary/aromatic N) is 6. The molecule has 170 valence electrons. The Morgan fingerprint density at radius 3 is 2.58 bits per heavy atom. The van der Waals surface area contributed by atoms with E-state index in [9.17, 15) is 0 Å². The van der Waals surface area contributed by atoms with Crippen LogP contribution >= 0.6 is 35.6 Å². The molecule has 0 spiro atoms. The van der Waals surface area contributed by atoms with E-state index < -0.39 is 0 Å². The van der Waals surface area contributed by atoms with E-state index in [1.165, 1.54) is 5.56 Å². The summed E-state index contributed by atoms with van der Waals surface area (Å²) in [5.41, 5.74) is 1.18. The average molecular weight is 558 g/mol. The van der Waals surface area contributed by atoms with Gasteiger partial charge in [0, 0.05) is 76.8 Å². The lowest BCUT2D eigenvalue weighted by Crippen LogP contribution is -2.47. The zero-order chi connectivity index (χ0) is 21.2. The third-order valence-electron chi connectivity index (χ3n) is 5.11. The molecule has 0 unspecified atom stereocenters. The Hall–Kier alpha value is -1.65. The number of benzene rings is 1. The summed E-state index contributed by atoms with van der Waals surface area (Å²) in [4.78, 5) is 20.4. The van der Waals surface area contributed by atoms with E-state index in [1.807, 2.05) is 24.3 Å². The highest BCUT2D eigenvalue weighted by molar-refractivity contribution is 14.0. The van der Waals surface area contributed by atoms with Gasteiger partial charge in [-0.2, -0.15) is 0 Å². The van der Waals surface area contributed by atoms with Gasteiger partial charge >= 0.3 is 0 Å². The maximum Gasteiger partial charge on any atom is 0.225 e. The van der Waals surface area contributed by atoms with Gasteiger partial charge in [0.1, 0.15) is 0 Å². The molecule has 1 aromatic heterocycles. The van der Waals surface area contributed by atoms with Crippen molar-refractivity contribution in [2.45, 2.75) is 19.9 Å². The highest BCUT2D eigenvalue weighted by Crippen LogP contribution is 2.12. The van der Waals surface area contributed by atoms with Crippen LogP contribution in [-0.4, -0.2) is 78.6 Å². The van der Waals surface area contributed by atoms with Gasteiger partial charge in [-0.15, -0.1) is 24.0 Å². The zero-order valence-corrected chi connectivity index (χ0v) is 21.5. The van der Waals surface area contributed by atoms with E-state index >= 15 is 0 Å². The van der Waals surface area contributed by atoms with Crippen molar-refractivity contribution in [1.82, 2.24) is 25.1 Å². The monoisotopic (exact) mass is 557 g/mol. The molecule has 1 aromatic carbocycles. The first kappa shape index (κ1) is 25.6. The Morgan fingerprint density at radius 1 is 1.16 bits per heavy atom. The second kappa shape index (κ2) is 13.7. The van der Waals surface area contributed by atoms with Gasteiger partial charge in [-0.05, 0) is 37.1 Å². The normalized spacial score (nSPS) is 14.8. The summed E-state index contributed by atoms with van der Waals surface area (Å²) >= 11 is 6.11. The number of piperazine rings is 1. The van der Waals surface area contributed by atoms with Crippen LogP contribution in [0.25, 0.3) is 0 Å². The molecular weight excluding hydrogens is 525 g/mol. The van der Waals surface area contributed by atoms with Gasteiger partial charge in [-0.25, -0.2) is 9.97 Å². The predicted molar refractivity (Wildman–Crippen MR) is 140 cm³/mol. The van der Waals surface area contributed by atoms with Gasteiger partial charge in [0.15, 0.2) is 5.96 Å². The van der Waals surface area contributed by atoms with Gasteiger partial charge in [-0.1, -0.05) is 23.7 Å². The van der Waals surface area contributed by atoms with Crippen molar-refractivity contribution in [2.24, 2.45) is 4.99 Å². The van der Waals surface area contributed by atoms with Crippen molar-refractivity contribution >= 4 is 47.5 Å². The molecule has 1 aliphatic heterocycles. The zero-order valence-electron chi connectivity index (χ0n) is 18.4. The van der Waals surface area contributed by atoms with Gasteiger partial charge < -0.3 is 15.1 Å². The average Bonchev–Trinajstić information content (AvgIpc) is 2.77. The van der Waals surface area contributed by atoms with E-state index in [2.05, 4.69) is 50.0 Å². The molecule has 0 atom stereocenters. The summed E-state index contributed by atoms with van der Waals surface area (Å²) in [6.45, 7) is 9.61. The number of nitrogens with one attached hydrogen (secondary N) is 1. The molecule has 9 heteroatoms. The van der Waals surface area contributed by atoms with Crippen LogP contribution in [0.15, 0.2) is 47.7 Å². The van der Waals surface area contributed by atoms with E-state index in [0.29, 0.717) is 0 Å². The van der Waals surface area contributed by atoms with E-state index in [4.69, 9.17) is 16.6 Å². The summed E-state index contributed by atoms with van der Waals surface area (Å²) in [5.74, 6) is 1.77. The number of hydrogen-bond acceptors (Lipinski definition) is 5. The molecule has 1 fully saturated rings. The van der Waals surface area contributed by atoms with Crippen molar-refractivity contribution in [3.8, 4) is 0 Å². The molecule has 1 aliphatic rings. The SMILES string of the molecule is CCNC(=NCCCN1CCN(c2ncccn2)CC1)N(C)Cc1cccc(Cl)c1.I. The minimum Gasteiger partial charge on any atom is -0.357 e. The minimum absolute atomic E-state index is 0. The van der Waals surface area contributed by atoms with Crippen LogP contribution in [0.2, 0.25) is 5.02 Å². The lowest BCUT2D eigenvalue weighted by molar-refractivity contribution is 0.255. The Labute approximate surface area is 207 Å². The molecular formula is C22H33ClIN7. The Morgan fingerprint density at radius 2 is 1.90 bits per heavy atom. The molecule has 1 N–H and O–H groups in total. The second-order valence-corrected chi connectivity index (χ2v) is 7.89. The quantitative estimate of drug-likeness (QED) is 0.233. The van der Waals surface area contributed by atoms with Crippen molar-refractivity contribution in [2.75, 3.05) is 57.8 Å². The number of hydrogen-bond donors (Lipinski definition) is 1. The summed E-state index contributed by atoms with van der Waals surface area (Å²) in [6.07, 6.45) is 4.65. The number of guanidine groups is 1. The van der Waals surface area contributed by atoms with Crippen molar-refractivity contribution < 1.29 is 0 Å². The van der Waals surface area contributed by atoms with Gasteiger partial charge in [0.2, 0.25) is 5.95 Å². The number of rotatable bonds is 8. The van der Waals surface area contributed by atoms with Crippen LogP contribution in [0.3, 0.4) is 0 Å². The largest absolute Gasteiger partial charge is 0.357 e. The smallest absolute Gasteiger partial charge is 0.225 e. The van der Waals surface area contributed by atoms with Crippen molar-refractivity contribution in [3.63, 3.8) is 0 Å². The number of aromatic nitrogens is 2. The van der Waals surface area contributed by atoms with Crippen LogP contribution in [0.4, 0.5) is 5.95 Å². The lowest BCUT2D eigenvalue weighted by Gasteiger charge is -2.34. The second-order valence-electron chi connectivity index (χ2n) is 7.45. The molecule has 0 bridgehead atoms. The van der Waals surface area contributed by atoms with Crippen LogP contribution in [0, 0.1) is 0 Å². The van der Waals surface area contributed by atoms with Crippen LogP contribution in [0.1, 0.15) is 18.9 Å². The molecule has 31 heavy (non-hydrogen) atoms. The molecule has 0 saturated carbocycles. The molecule has 0 radical (unpaired) electrons. The minimum atomic E-state index is 0. The van der Waals surface area contributed by atoms with Crippen LogP contribution < -0.4 is 10.2 Å². The van der Waals surface area contributed by atoms with Gasteiger partial charge in [0.25, 0.3) is 0 Å². The van der Waals surface area contributed by atoms with Gasteiger partial charge in [0.05, 0.1) is 0 Å². The summed E-state index contributed by atoms with van der Waals surface area (Å²) < 4.78 is 0. The molecule has 2 heterocycles. The molecule has 0 aliphatic carbocycles. The topological polar surface area (TPSA) is 59.9 Å². The molecule has 2 aromatic rings. The third kappa shape index (κ3) is 8.42. The third-order valence-corrected chi connectivity index (χ3v) is 5.34. The lowest BCUT2D eigenvalue weighted by atomic mass is 10.2. The fourth-order valence-electron chi connectivity index (χ4n) is 3.56. The highest BCUT2D eigenvalue weighted by atomic mass is 127. The number of halogens is 2. The fourth-order valence-corrected chi connectivity index (χ4v) is 3.77. The summed E-state index contributed by atoms with van der Waals surface area (Å²) in [5, 5.41) is 4.15. The van der Waals surface area contributed by atoms with Crippen LogP contribution in [-0.2, 0) is 6.54 Å². The first-order valence-electron chi connectivity index (χ1n) is 10.6. The molecule has 1 saturated heterocycles. The fraction of sp³-hybridized carbons (Fsp3) is 0.500. The van der Waals surface area contributed by atoms with Crippen LogP contribution in [0.5, 0.6) is 0 Å². The van der Waals surface area contributed by atoms with E-state index in [0.717, 1.165) is 75.7 Å².